The summed E-state index contributed by atoms with van der Waals surface area (Å²) in [5.41, 5.74) is 1.30. The molecule has 0 saturated heterocycles. The molecular weight excluding hydrogens is 312 g/mol. The van der Waals surface area contributed by atoms with E-state index in [4.69, 9.17) is 11.6 Å². The second-order valence-electron chi connectivity index (χ2n) is 6.25. The number of rotatable bonds is 3. The van der Waals surface area contributed by atoms with E-state index in [-0.39, 0.29) is 17.4 Å². The Morgan fingerprint density at radius 1 is 0.913 bits per heavy atom. The molecule has 0 aliphatic rings. The van der Waals surface area contributed by atoms with E-state index in [1.807, 2.05) is 20.8 Å². The molecule has 0 radical (unpaired) electrons. The van der Waals surface area contributed by atoms with E-state index in [1.165, 1.54) is 0 Å². The standard InChI is InChI=1S/C18H19ClN2O2/c1-18(2,3)21-17(23)13-9-7-12(8-10-13)16(22)20-15-6-4-5-14(19)11-15/h4-11H,1-3H3,(H,20,22)(H,21,23). The van der Waals surface area contributed by atoms with E-state index >= 15 is 0 Å². The first kappa shape index (κ1) is 17.0. The number of anilines is 1. The molecule has 23 heavy (non-hydrogen) atoms. The van der Waals surface area contributed by atoms with Crippen molar-refractivity contribution in [1.29, 1.82) is 0 Å². The number of amides is 2. The maximum Gasteiger partial charge on any atom is 0.255 e. The van der Waals surface area contributed by atoms with E-state index in [0.717, 1.165) is 0 Å². The summed E-state index contributed by atoms with van der Waals surface area (Å²) < 4.78 is 0. The van der Waals surface area contributed by atoms with Gasteiger partial charge < -0.3 is 10.6 Å². The summed E-state index contributed by atoms with van der Waals surface area (Å²) >= 11 is 5.89. The topological polar surface area (TPSA) is 58.2 Å². The number of hydrogen-bond donors (Lipinski definition) is 2. The van der Waals surface area contributed by atoms with Crippen LogP contribution in [0, 0.1) is 0 Å². The third-order valence-electron chi connectivity index (χ3n) is 2.98. The highest BCUT2D eigenvalue weighted by Crippen LogP contribution is 2.16. The van der Waals surface area contributed by atoms with Crippen LogP contribution in [0.5, 0.6) is 0 Å². The van der Waals surface area contributed by atoms with Crippen LogP contribution in [0.3, 0.4) is 0 Å². The molecule has 0 atom stereocenters. The van der Waals surface area contributed by atoms with Crippen LogP contribution < -0.4 is 10.6 Å². The Morgan fingerprint density at radius 3 is 2.00 bits per heavy atom. The first-order valence-electron chi connectivity index (χ1n) is 7.24. The number of hydrogen-bond acceptors (Lipinski definition) is 2. The fourth-order valence-electron chi connectivity index (χ4n) is 1.96. The zero-order chi connectivity index (χ0) is 17.0. The Morgan fingerprint density at radius 2 is 1.48 bits per heavy atom. The highest BCUT2D eigenvalue weighted by Gasteiger charge is 2.15. The van der Waals surface area contributed by atoms with Crippen LogP contribution in [0.4, 0.5) is 5.69 Å². The number of carbonyl (C=O) groups is 2. The lowest BCUT2D eigenvalue weighted by molar-refractivity contribution is 0.0918. The molecule has 0 aliphatic carbocycles. The summed E-state index contributed by atoms with van der Waals surface area (Å²) in [6, 6.07) is 13.4. The summed E-state index contributed by atoms with van der Waals surface area (Å²) in [5.74, 6) is -0.422. The van der Waals surface area contributed by atoms with Crippen molar-refractivity contribution >= 4 is 29.1 Å². The third-order valence-corrected chi connectivity index (χ3v) is 3.22. The summed E-state index contributed by atoms with van der Waals surface area (Å²) in [5, 5.41) is 6.19. The zero-order valence-corrected chi connectivity index (χ0v) is 14.1. The van der Waals surface area contributed by atoms with Gasteiger partial charge in [0.25, 0.3) is 11.8 Å². The average molecular weight is 331 g/mol. The van der Waals surface area contributed by atoms with Crippen LogP contribution in [0.2, 0.25) is 5.02 Å². The minimum atomic E-state index is -0.306. The highest BCUT2D eigenvalue weighted by molar-refractivity contribution is 6.31. The van der Waals surface area contributed by atoms with Crippen LogP contribution in [0.25, 0.3) is 0 Å². The maximum atomic E-state index is 12.2. The minimum absolute atomic E-state index is 0.167. The van der Waals surface area contributed by atoms with Crippen molar-refractivity contribution in [2.24, 2.45) is 0 Å². The lowest BCUT2D eigenvalue weighted by Crippen LogP contribution is -2.40. The molecule has 2 N–H and O–H groups in total. The van der Waals surface area contributed by atoms with E-state index in [2.05, 4.69) is 10.6 Å². The number of benzene rings is 2. The predicted octanol–water partition coefficient (Wildman–Crippen LogP) is 4.12. The summed E-state index contributed by atoms with van der Waals surface area (Å²) in [7, 11) is 0. The Balaban J connectivity index is 2.07. The predicted molar refractivity (Wildman–Crippen MR) is 93.1 cm³/mol. The molecule has 0 saturated carbocycles. The number of carbonyl (C=O) groups excluding carboxylic acids is 2. The van der Waals surface area contributed by atoms with Gasteiger partial charge in [0.1, 0.15) is 0 Å². The first-order chi connectivity index (χ1) is 10.7. The molecule has 0 heterocycles. The molecule has 0 aromatic heterocycles. The highest BCUT2D eigenvalue weighted by atomic mass is 35.5. The Kier molecular flexibility index (Phi) is 5.06. The van der Waals surface area contributed by atoms with Gasteiger partial charge in [-0.25, -0.2) is 0 Å². The number of halogens is 1. The normalized spacial score (nSPS) is 11.0. The monoisotopic (exact) mass is 330 g/mol. The smallest absolute Gasteiger partial charge is 0.255 e. The van der Waals surface area contributed by atoms with Crippen molar-refractivity contribution in [3.05, 3.63) is 64.7 Å². The lowest BCUT2D eigenvalue weighted by Gasteiger charge is -2.20. The van der Waals surface area contributed by atoms with Gasteiger partial charge in [-0.3, -0.25) is 9.59 Å². The Bertz CT molecular complexity index is 719. The molecule has 2 amide bonds. The van der Waals surface area contributed by atoms with Crippen molar-refractivity contribution in [2.45, 2.75) is 26.3 Å². The van der Waals surface area contributed by atoms with Gasteiger partial charge in [0, 0.05) is 27.4 Å². The lowest BCUT2D eigenvalue weighted by atomic mass is 10.1. The van der Waals surface area contributed by atoms with Crippen molar-refractivity contribution in [1.82, 2.24) is 5.32 Å². The zero-order valence-electron chi connectivity index (χ0n) is 13.3. The van der Waals surface area contributed by atoms with Gasteiger partial charge in [-0.05, 0) is 63.2 Å². The van der Waals surface area contributed by atoms with Crippen LogP contribution in [-0.2, 0) is 0 Å². The van der Waals surface area contributed by atoms with Gasteiger partial charge in [-0.15, -0.1) is 0 Å². The van der Waals surface area contributed by atoms with Crippen LogP contribution in [0.15, 0.2) is 48.5 Å². The van der Waals surface area contributed by atoms with Crippen LogP contribution >= 0.6 is 11.6 Å². The van der Waals surface area contributed by atoms with Crippen LogP contribution in [-0.4, -0.2) is 17.4 Å². The molecule has 2 aromatic rings. The van der Waals surface area contributed by atoms with Crippen molar-refractivity contribution < 1.29 is 9.59 Å². The summed E-state index contributed by atoms with van der Waals surface area (Å²) in [6.07, 6.45) is 0. The largest absolute Gasteiger partial charge is 0.347 e. The van der Waals surface area contributed by atoms with E-state index < -0.39 is 0 Å². The van der Waals surface area contributed by atoms with Gasteiger partial charge in [-0.1, -0.05) is 17.7 Å². The van der Waals surface area contributed by atoms with Crippen LogP contribution in [0.1, 0.15) is 41.5 Å². The average Bonchev–Trinajstić information content (AvgIpc) is 2.45. The first-order valence-corrected chi connectivity index (χ1v) is 7.62. The molecule has 0 bridgehead atoms. The van der Waals surface area contributed by atoms with E-state index in [1.54, 1.807) is 48.5 Å². The molecule has 0 spiro atoms. The fourth-order valence-corrected chi connectivity index (χ4v) is 2.15. The molecule has 4 nitrogen and oxygen atoms in total. The molecule has 0 aliphatic heterocycles. The van der Waals surface area contributed by atoms with E-state index in [9.17, 15) is 9.59 Å². The van der Waals surface area contributed by atoms with Gasteiger partial charge in [-0.2, -0.15) is 0 Å². The summed E-state index contributed by atoms with van der Waals surface area (Å²) in [6.45, 7) is 5.74. The van der Waals surface area contributed by atoms with Crippen molar-refractivity contribution in [2.75, 3.05) is 5.32 Å². The summed E-state index contributed by atoms with van der Waals surface area (Å²) in [4.78, 5) is 24.2. The number of nitrogens with one attached hydrogen (secondary N) is 2. The molecule has 5 heteroatoms. The van der Waals surface area contributed by atoms with Crippen molar-refractivity contribution in [3.8, 4) is 0 Å². The minimum Gasteiger partial charge on any atom is -0.347 e. The maximum absolute atomic E-state index is 12.2. The fraction of sp³-hybridized carbons (Fsp3) is 0.222. The molecule has 120 valence electrons. The molecule has 2 rings (SSSR count). The second-order valence-corrected chi connectivity index (χ2v) is 6.68. The van der Waals surface area contributed by atoms with Gasteiger partial charge in [0.2, 0.25) is 0 Å². The Hall–Kier alpha value is -2.33. The van der Waals surface area contributed by atoms with Crippen molar-refractivity contribution in [3.63, 3.8) is 0 Å². The molecule has 0 unspecified atom stereocenters. The second kappa shape index (κ2) is 6.84. The Labute approximate surface area is 140 Å². The van der Waals surface area contributed by atoms with Gasteiger partial charge in [0.15, 0.2) is 0 Å². The molecule has 0 fully saturated rings. The van der Waals surface area contributed by atoms with Gasteiger partial charge in [0.05, 0.1) is 0 Å². The molecule has 2 aromatic carbocycles. The third kappa shape index (κ3) is 5.11. The quantitative estimate of drug-likeness (QED) is 0.889. The van der Waals surface area contributed by atoms with E-state index in [0.29, 0.717) is 21.8 Å². The van der Waals surface area contributed by atoms with Gasteiger partial charge >= 0.3 is 0 Å². The molecular formula is C18H19ClN2O2. The SMILES string of the molecule is CC(C)(C)NC(=O)c1ccc(C(=O)Nc2cccc(Cl)c2)cc1.